The summed E-state index contributed by atoms with van der Waals surface area (Å²) in [7, 11) is 1.58. The number of carboxylic acids is 1. The van der Waals surface area contributed by atoms with Gasteiger partial charge in [-0.2, -0.15) is 0 Å². The fraction of sp³-hybridized carbons (Fsp3) is 0.275. The van der Waals surface area contributed by atoms with Gasteiger partial charge in [-0.3, -0.25) is 24.2 Å². The highest BCUT2D eigenvalue weighted by atomic mass is 16.5. The number of likely N-dealkylation sites (tertiary alicyclic amines) is 1. The second kappa shape index (κ2) is 12.9. The molecule has 0 bridgehead atoms. The number of anilines is 1. The lowest BCUT2D eigenvalue weighted by atomic mass is 9.86. The normalized spacial score (nSPS) is 20.9. The molecule has 0 aliphatic carbocycles. The van der Waals surface area contributed by atoms with Crippen LogP contribution in [0.3, 0.4) is 0 Å². The summed E-state index contributed by atoms with van der Waals surface area (Å²) >= 11 is 0. The smallest absolute Gasteiger partial charge is 0.308 e. The molecule has 0 saturated carbocycles. The lowest BCUT2D eigenvalue weighted by molar-refractivity contribution is -0.141. The van der Waals surface area contributed by atoms with Crippen LogP contribution >= 0.6 is 0 Å². The topological polar surface area (TPSA) is 132 Å². The Morgan fingerprint density at radius 3 is 2.54 bits per heavy atom. The Hall–Kier alpha value is -5.77. The number of fused-ring (bicyclic) bond motifs is 1. The van der Waals surface area contributed by atoms with Gasteiger partial charge in [0.15, 0.2) is 5.78 Å². The first-order valence-electron chi connectivity index (χ1n) is 16.7. The average molecular weight is 671 g/mol. The molecular formula is C40H38N4O6. The van der Waals surface area contributed by atoms with Crippen LogP contribution in [0, 0.1) is 5.92 Å². The number of Topliss-reactive ketones (excluding diaryl/α,β-unsaturated/α-hetero) is 1. The number of ether oxygens (including phenoxy) is 1. The fourth-order valence-electron chi connectivity index (χ4n) is 7.34. The molecule has 2 N–H and O–H groups in total. The molecule has 10 nitrogen and oxygen atoms in total. The number of aromatic amines is 1. The first-order valence-corrected chi connectivity index (χ1v) is 16.7. The first-order chi connectivity index (χ1) is 24.0. The quantitative estimate of drug-likeness (QED) is 0.239. The van der Waals surface area contributed by atoms with Gasteiger partial charge in [-0.05, 0) is 65.9 Å². The van der Waals surface area contributed by atoms with Gasteiger partial charge in [-0.1, -0.05) is 48.5 Å². The minimum absolute atomic E-state index is 0.0604. The molecule has 4 aromatic rings. The standard InChI is InChI=1S/C40H38N4O6/c1-24(45)43-22-32(33(23-43)39(48)49)26-9-11-30(12-10-26)40(2)19-29(21-42-40)36(46)16-25-8-13-31(37(17-25)50-3)34-18-28(20-41-34)38(47)44-15-14-27-6-4-5-7-35(27)44/h4-13,17-21,32-33,41H,14-16,22-23H2,1-3H3,(H,48,49). The summed E-state index contributed by atoms with van der Waals surface area (Å²) in [6.45, 7) is 4.60. The maximum atomic E-state index is 13.5. The van der Waals surface area contributed by atoms with Crippen molar-refractivity contribution in [3.63, 3.8) is 0 Å². The third-order valence-corrected chi connectivity index (χ3v) is 10.2. The highest BCUT2D eigenvalue weighted by molar-refractivity contribution is 6.15. The molecule has 1 saturated heterocycles. The van der Waals surface area contributed by atoms with Crippen molar-refractivity contribution in [2.75, 3.05) is 31.6 Å². The number of hydrogen-bond donors (Lipinski definition) is 2. The summed E-state index contributed by atoms with van der Waals surface area (Å²) in [6.07, 6.45) is 6.18. The molecule has 2 amide bonds. The van der Waals surface area contributed by atoms with Gasteiger partial charge in [0, 0.05) is 73.8 Å². The zero-order valence-corrected chi connectivity index (χ0v) is 28.2. The third-order valence-electron chi connectivity index (χ3n) is 10.2. The number of methoxy groups -OCH3 is 1. The van der Waals surface area contributed by atoms with Crippen molar-refractivity contribution in [3.05, 3.63) is 118 Å². The lowest BCUT2D eigenvalue weighted by Gasteiger charge is -2.21. The van der Waals surface area contributed by atoms with Gasteiger partial charge in [0.05, 0.1) is 18.6 Å². The molecule has 10 heteroatoms. The molecule has 1 aromatic heterocycles. The number of para-hydroxylation sites is 1. The molecule has 1 fully saturated rings. The number of carbonyl (C=O) groups excluding carboxylic acids is 3. The van der Waals surface area contributed by atoms with E-state index in [1.165, 1.54) is 12.5 Å². The van der Waals surface area contributed by atoms with Gasteiger partial charge in [0.2, 0.25) is 5.91 Å². The van der Waals surface area contributed by atoms with E-state index in [1.807, 2.05) is 84.6 Å². The molecule has 3 aliphatic rings. The molecular weight excluding hydrogens is 632 g/mol. The van der Waals surface area contributed by atoms with Crippen LogP contribution in [0.1, 0.15) is 52.4 Å². The third kappa shape index (κ3) is 6.02. The van der Waals surface area contributed by atoms with E-state index < -0.39 is 17.4 Å². The largest absolute Gasteiger partial charge is 0.496 e. The van der Waals surface area contributed by atoms with Crippen LogP contribution in [0.15, 0.2) is 95.6 Å². The van der Waals surface area contributed by atoms with Gasteiger partial charge in [-0.25, -0.2) is 0 Å². The fourth-order valence-corrected chi connectivity index (χ4v) is 7.34. The van der Waals surface area contributed by atoms with Crippen molar-refractivity contribution in [1.82, 2.24) is 9.88 Å². The van der Waals surface area contributed by atoms with Gasteiger partial charge in [0.1, 0.15) is 11.3 Å². The van der Waals surface area contributed by atoms with Crippen LogP contribution in [0.25, 0.3) is 11.3 Å². The van der Waals surface area contributed by atoms with Crippen LogP contribution in [-0.4, -0.2) is 71.5 Å². The highest BCUT2D eigenvalue weighted by Crippen LogP contribution is 2.37. The number of nitrogens with one attached hydrogen (secondary N) is 1. The van der Waals surface area contributed by atoms with Crippen molar-refractivity contribution < 1.29 is 29.0 Å². The monoisotopic (exact) mass is 670 g/mol. The van der Waals surface area contributed by atoms with Crippen LogP contribution in [0.2, 0.25) is 0 Å². The number of allylic oxidation sites excluding steroid dienone is 1. The number of ketones is 1. The minimum atomic E-state index is -0.914. The first kappa shape index (κ1) is 32.8. The summed E-state index contributed by atoms with van der Waals surface area (Å²) < 4.78 is 5.72. The number of aliphatic carboxylic acids is 1. The Labute approximate surface area is 290 Å². The Balaban J connectivity index is 1.03. The van der Waals surface area contributed by atoms with E-state index in [9.17, 15) is 24.3 Å². The van der Waals surface area contributed by atoms with Crippen molar-refractivity contribution >= 4 is 35.5 Å². The van der Waals surface area contributed by atoms with E-state index >= 15 is 0 Å². The number of aromatic nitrogens is 1. The number of aliphatic imine (C=N–C) groups is 1. The van der Waals surface area contributed by atoms with Crippen molar-refractivity contribution in [2.24, 2.45) is 10.9 Å². The molecule has 50 heavy (non-hydrogen) atoms. The Morgan fingerprint density at radius 2 is 1.80 bits per heavy atom. The molecule has 3 unspecified atom stereocenters. The average Bonchev–Trinajstić information content (AvgIpc) is 3.94. The molecule has 3 aromatic carbocycles. The summed E-state index contributed by atoms with van der Waals surface area (Å²) in [6, 6.07) is 23.1. The zero-order valence-electron chi connectivity index (χ0n) is 28.2. The van der Waals surface area contributed by atoms with Gasteiger partial charge in [0.25, 0.3) is 5.91 Å². The Morgan fingerprint density at radius 1 is 1.02 bits per heavy atom. The number of carboxylic acid groups (broad SMARTS) is 1. The van der Waals surface area contributed by atoms with Crippen LogP contribution in [-0.2, 0) is 32.8 Å². The molecule has 4 heterocycles. The number of amides is 2. The van der Waals surface area contributed by atoms with Gasteiger partial charge < -0.3 is 24.6 Å². The summed E-state index contributed by atoms with van der Waals surface area (Å²) in [5.41, 5.74) is 6.47. The molecule has 3 aliphatic heterocycles. The molecule has 7 rings (SSSR count). The van der Waals surface area contributed by atoms with Gasteiger partial charge >= 0.3 is 5.97 Å². The van der Waals surface area contributed by atoms with Crippen molar-refractivity contribution in [3.8, 4) is 17.0 Å². The van der Waals surface area contributed by atoms with E-state index in [0.29, 0.717) is 30.0 Å². The van der Waals surface area contributed by atoms with Gasteiger partial charge in [-0.15, -0.1) is 0 Å². The SMILES string of the molecule is COc1cc(CC(=O)C2=CC(C)(c3ccc(C4CN(C(C)=O)CC4C(=O)O)cc3)N=C2)ccc1-c1cc(C(=O)N2CCc3ccccc32)c[nH]1. The maximum absolute atomic E-state index is 13.5. The lowest BCUT2D eigenvalue weighted by Crippen LogP contribution is -2.28. The van der Waals surface area contributed by atoms with E-state index in [1.54, 1.807) is 24.4 Å². The maximum Gasteiger partial charge on any atom is 0.308 e. The number of H-pyrrole nitrogens is 1. The van der Waals surface area contributed by atoms with Crippen LogP contribution in [0.4, 0.5) is 5.69 Å². The van der Waals surface area contributed by atoms with Crippen LogP contribution in [0.5, 0.6) is 5.75 Å². The number of nitrogens with zero attached hydrogens (tertiary/aromatic N) is 3. The van der Waals surface area contributed by atoms with Crippen LogP contribution < -0.4 is 9.64 Å². The van der Waals surface area contributed by atoms with E-state index in [0.717, 1.165) is 40.1 Å². The summed E-state index contributed by atoms with van der Waals surface area (Å²) in [5.74, 6) is -1.56. The molecule has 3 atom stereocenters. The highest BCUT2D eigenvalue weighted by Gasteiger charge is 2.40. The van der Waals surface area contributed by atoms with Crippen molar-refractivity contribution in [1.29, 1.82) is 0 Å². The Bertz CT molecular complexity index is 2080. The number of rotatable bonds is 9. The number of hydrogen-bond acceptors (Lipinski definition) is 6. The van der Waals surface area contributed by atoms with E-state index in [4.69, 9.17) is 4.74 Å². The summed E-state index contributed by atoms with van der Waals surface area (Å²) in [5, 5.41) is 9.76. The predicted octanol–water partition coefficient (Wildman–Crippen LogP) is 5.58. The number of benzene rings is 3. The van der Waals surface area contributed by atoms with E-state index in [2.05, 4.69) is 16.0 Å². The second-order valence-corrected chi connectivity index (χ2v) is 13.4. The number of carbonyl (C=O) groups is 4. The summed E-state index contributed by atoms with van der Waals surface area (Å²) in [4.78, 5) is 62.0. The predicted molar refractivity (Wildman–Crippen MR) is 190 cm³/mol. The molecule has 0 radical (unpaired) electrons. The molecule has 0 spiro atoms. The zero-order chi connectivity index (χ0) is 35.2. The molecule has 254 valence electrons. The Kier molecular flexibility index (Phi) is 8.47. The minimum Gasteiger partial charge on any atom is -0.496 e. The van der Waals surface area contributed by atoms with E-state index in [-0.39, 0.29) is 36.5 Å². The van der Waals surface area contributed by atoms with Crippen molar-refractivity contribution in [2.45, 2.75) is 38.1 Å². The second-order valence-electron chi connectivity index (χ2n) is 13.4.